The Hall–Kier alpha value is -3.06. The van der Waals surface area contributed by atoms with E-state index in [-0.39, 0.29) is 18.4 Å². The van der Waals surface area contributed by atoms with Crippen LogP contribution in [0.4, 0.5) is 0 Å². The van der Waals surface area contributed by atoms with Gasteiger partial charge in [-0.1, -0.05) is 35.9 Å². The van der Waals surface area contributed by atoms with Crippen molar-refractivity contribution in [1.29, 1.82) is 0 Å². The molecule has 0 aliphatic carbocycles. The number of guanidine groups is 1. The van der Waals surface area contributed by atoms with Crippen molar-refractivity contribution in [3.8, 4) is 0 Å². The summed E-state index contributed by atoms with van der Waals surface area (Å²) in [5.74, 6) is 0.433. The lowest BCUT2D eigenvalue weighted by Crippen LogP contribution is -2.49. The van der Waals surface area contributed by atoms with Crippen LogP contribution in [0.25, 0.3) is 0 Å². The molecular formula is C21H24ClN5O2. The number of piperazine rings is 1. The molecule has 0 radical (unpaired) electrons. The Bertz CT molecular complexity index is 881. The number of rotatable bonds is 5. The molecule has 152 valence electrons. The Labute approximate surface area is 175 Å². The average Bonchev–Trinajstić information content (AvgIpc) is 2.75. The molecule has 1 fully saturated rings. The van der Waals surface area contributed by atoms with Crippen LogP contribution in [-0.4, -0.2) is 49.4 Å². The third-order valence-electron chi connectivity index (χ3n) is 4.58. The summed E-state index contributed by atoms with van der Waals surface area (Å²) in [5.41, 5.74) is 2.70. The lowest BCUT2D eigenvalue weighted by atomic mass is 10.1. The predicted molar refractivity (Wildman–Crippen MR) is 114 cm³/mol. The molecule has 7 nitrogen and oxygen atoms in total. The molecule has 0 bridgehead atoms. The molecule has 2 amide bonds. The molecule has 8 heteroatoms. The summed E-state index contributed by atoms with van der Waals surface area (Å²) in [4.78, 5) is 29.7. The summed E-state index contributed by atoms with van der Waals surface area (Å²) in [6.07, 6.45) is 0. The normalized spacial score (nSPS) is 14.3. The SMILES string of the molecule is CN=C(NCc1ccc(Cl)cc1)NCc1ccc(C(=O)N2CCNC(=O)C2)cc1. The maximum Gasteiger partial charge on any atom is 0.254 e. The standard InChI is InChI=1S/C21H24ClN5O2/c1-23-21(26-13-16-4-8-18(22)9-5-16)25-12-15-2-6-17(7-3-15)20(29)27-11-10-24-19(28)14-27/h2-9H,10-14H2,1H3,(H,24,28)(H2,23,25,26). The smallest absolute Gasteiger partial charge is 0.254 e. The highest BCUT2D eigenvalue weighted by molar-refractivity contribution is 6.30. The van der Waals surface area contributed by atoms with E-state index in [0.29, 0.717) is 42.7 Å². The molecule has 0 unspecified atom stereocenters. The maximum atomic E-state index is 12.5. The number of hydrogen-bond acceptors (Lipinski definition) is 3. The highest BCUT2D eigenvalue weighted by Crippen LogP contribution is 2.10. The van der Waals surface area contributed by atoms with Crippen LogP contribution in [-0.2, 0) is 17.9 Å². The van der Waals surface area contributed by atoms with Crippen LogP contribution < -0.4 is 16.0 Å². The lowest BCUT2D eigenvalue weighted by molar-refractivity contribution is -0.123. The first-order valence-electron chi connectivity index (χ1n) is 9.39. The molecule has 3 N–H and O–H groups in total. The van der Waals surface area contributed by atoms with Crippen molar-refractivity contribution < 1.29 is 9.59 Å². The molecule has 0 saturated carbocycles. The summed E-state index contributed by atoms with van der Waals surface area (Å²) < 4.78 is 0. The van der Waals surface area contributed by atoms with Gasteiger partial charge in [-0.3, -0.25) is 14.6 Å². The Morgan fingerprint density at radius 2 is 1.66 bits per heavy atom. The molecule has 0 spiro atoms. The molecule has 29 heavy (non-hydrogen) atoms. The zero-order chi connectivity index (χ0) is 20.6. The van der Waals surface area contributed by atoms with E-state index in [9.17, 15) is 9.59 Å². The van der Waals surface area contributed by atoms with E-state index in [4.69, 9.17) is 11.6 Å². The number of carbonyl (C=O) groups excluding carboxylic acids is 2. The summed E-state index contributed by atoms with van der Waals surface area (Å²) in [5, 5.41) is 9.93. The number of benzene rings is 2. The Morgan fingerprint density at radius 1 is 1.07 bits per heavy atom. The molecule has 1 saturated heterocycles. The topological polar surface area (TPSA) is 85.8 Å². The molecular weight excluding hydrogens is 390 g/mol. The highest BCUT2D eigenvalue weighted by Gasteiger charge is 2.22. The first kappa shape index (κ1) is 20.7. The van der Waals surface area contributed by atoms with Crippen LogP contribution in [0, 0.1) is 0 Å². The monoisotopic (exact) mass is 413 g/mol. The van der Waals surface area contributed by atoms with Gasteiger partial charge in [0.1, 0.15) is 0 Å². The molecule has 1 aliphatic rings. The van der Waals surface area contributed by atoms with Crippen LogP contribution in [0.5, 0.6) is 0 Å². The minimum absolute atomic E-state index is 0.109. The largest absolute Gasteiger partial charge is 0.353 e. The van der Waals surface area contributed by atoms with Crippen LogP contribution in [0.2, 0.25) is 5.02 Å². The van der Waals surface area contributed by atoms with Crippen LogP contribution in [0.3, 0.4) is 0 Å². The highest BCUT2D eigenvalue weighted by atomic mass is 35.5. The maximum absolute atomic E-state index is 12.5. The Balaban J connectivity index is 1.50. The van der Waals surface area contributed by atoms with Gasteiger partial charge in [-0.2, -0.15) is 0 Å². The quantitative estimate of drug-likeness (QED) is 0.515. The van der Waals surface area contributed by atoms with Crippen molar-refractivity contribution in [3.63, 3.8) is 0 Å². The van der Waals surface area contributed by atoms with Crippen LogP contribution in [0.15, 0.2) is 53.5 Å². The minimum Gasteiger partial charge on any atom is -0.353 e. The zero-order valence-corrected chi connectivity index (χ0v) is 17.0. The van der Waals surface area contributed by atoms with Crippen LogP contribution in [0.1, 0.15) is 21.5 Å². The molecule has 1 aliphatic heterocycles. The first-order chi connectivity index (χ1) is 14.0. The number of amides is 2. The van der Waals surface area contributed by atoms with Crippen molar-refractivity contribution in [1.82, 2.24) is 20.9 Å². The van der Waals surface area contributed by atoms with E-state index in [1.807, 2.05) is 36.4 Å². The Kier molecular flexibility index (Phi) is 7.08. The lowest BCUT2D eigenvalue weighted by Gasteiger charge is -2.26. The molecule has 0 aromatic heterocycles. The second-order valence-electron chi connectivity index (χ2n) is 6.68. The van der Waals surface area contributed by atoms with Crippen molar-refractivity contribution >= 4 is 29.4 Å². The van der Waals surface area contributed by atoms with Gasteiger partial charge in [0.15, 0.2) is 5.96 Å². The summed E-state index contributed by atoms with van der Waals surface area (Å²) >= 11 is 5.90. The van der Waals surface area contributed by atoms with Gasteiger partial charge >= 0.3 is 0 Å². The number of nitrogens with one attached hydrogen (secondary N) is 3. The van der Waals surface area contributed by atoms with E-state index in [2.05, 4.69) is 20.9 Å². The molecule has 3 rings (SSSR count). The van der Waals surface area contributed by atoms with E-state index in [0.717, 1.165) is 11.1 Å². The fourth-order valence-corrected chi connectivity index (χ4v) is 3.08. The summed E-state index contributed by atoms with van der Waals surface area (Å²) in [7, 11) is 1.72. The van der Waals surface area contributed by atoms with E-state index in [1.54, 1.807) is 24.1 Å². The number of aliphatic imine (C=N–C) groups is 1. The fraction of sp³-hybridized carbons (Fsp3) is 0.286. The number of hydrogen-bond donors (Lipinski definition) is 3. The third-order valence-corrected chi connectivity index (χ3v) is 4.84. The minimum atomic E-state index is -0.125. The summed E-state index contributed by atoms with van der Waals surface area (Å²) in [6, 6.07) is 15.0. The predicted octanol–water partition coefficient (Wildman–Crippen LogP) is 1.78. The summed E-state index contributed by atoms with van der Waals surface area (Å²) in [6.45, 7) is 2.34. The van der Waals surface area contributed by atoms with Crippen molar-refractivity contribution in [3.05, 3.63) is 70.2 Å². The van der Waals surface area contributed by atoms with Crippen molar-refractivity contribution in [2.45, 2.75) is 13.1 Å². The molecule has 0 atom stereocenters. The number of halogens is 1. The molecule has 2 aromatic rings. The van der Waals surface area contributed by atoms with Gasteiger partial charge in [0.2, 0.25) is 5.91 Å². The van der Waals surface area contributed by atoms with Crippen LogP contribution >= 0.6 is 11.6 Å². The van der Waals surface area contributed by atoms with E-state index in [1.165, 1.54) is 0 Å². The number of carbonyl (C=O) groups is 2. The van der Waals surface area contributed by atoms with Gasteiger partial charge in [-0.15, -0.1) is 0 Å². The third kappa shape index (κ3) is 5.96. The fourth-order valence-electron chi connectivity index (χ4n) is 2.95. The van der Waals surface area contributed by atoms with Gasteiger partial charge in [0, 0.05) is 43.8 Å². The van der Waals surface area contributed by atoms with Gasteiger partial charge in [-0.25, -0.2) is 0 Å². The van der Waals surface area contributed by atoms with Crippen molar-refractivity contribution in [2.75, 3.05) is 26.7 Å². The van der Waals surface area contributed by atoms with E-state index >= 15 is 0 Å². The van der Waals surface area contributed by atoms with Gasteiger partial charge in [0.25, 0.3) is 5.91 Å². The Morgan fingerprint density at radius 3 is 2.21 bits per heavy atom. The van der Waals surface area contributed by atoms with Gasteiger partial charge in [-0.05, 0) is 35.4 Å². The van der Waals surface area contributed by atoms with Gasteiger partial charge in [0.05, 0.1) is 6.54 Å². The van der Waals surface area contributed by atoms with E-state index < -0.39 is 0 Å². The zero-order valence-electron chi connectivity index (χ0n) is 16.2. The van der Waals surface area contributed by atoms with Crippen molar-refractivity contribution in [2.24, 2.45) is 4.99 Å². The number of nitrogens with zero attached hydrogens (tertiary/aromatic N) is 2. The second kappa shape index (κ2) is 9.93. The molecule has 2 aromatic carbocycles. The molecule has 1 heterocycles. The first-order valence-corrected chi connectivity index (χ1v) is 9.77. The average molecular weight is 414 g/mol. The van der Waals surface area contributed by atoms with Gasteiger partial charge < -0.3 is 20.9 Å². The second-order valence-corrected chi connectivity index (χ2v) is 7.12.